The molecule has 9 heteroatoms. The van der Waals surface area contributed by atoms with Gasteiger partial charge in [-0.1, -0.05) is 53.7 Å². The van der Waals surface area contributed by atoms with Gasteiger partial charge in [0.05, 0.1) is 11.7 Å². The second-order valence-electron chi connectivity index (χ2n) is 6.25. The zero-order chi connectivity index (χ0) is 20.4. The number of fused-ring (bicyclic) bond motifs is 1. The molecule has 0 saturated heterocycles. The molecule has 0 bridgehead atoms. The molecule has 1 aromatic carbocycles. The fourth-order valence-corrected chi connectivity index (χ4v) is 3.64. The third kappa shape index (κ3) is 3.75. The van der Waals surface area contributed by atoms with Crippen LogP contribution in [0.2, 0.25) is 5.15 Å². The highest BCUT2D eigenvalue weighted by atomic mass is 35.5. The Morgan fingerprint density at radius 3 is 2.76 bits per heavy atom. The van der Waals surface area contributed by atoms with Gasteiger partial charge in [-0.05, 0) is 19.2 Å². The standard InChI is InChI=1S/C20H16ClN7S/c1-12(24-19-15(11-22)18(21)25-20(26-19)29-2)14-10-16-23-8-9-28(16)27-17(14)13-6-4-3-5-7-13/h3-10,12H,1-2H3,(H,24,25,26)/t12-/m0/s1. The first-order valence-corrected chi connectivity index (χ1v) is 10.4. The number of benzene rings is 1. The Labute approximate surface area is 176 Å². The molecule has 0 fully saturated rings. The number of nitriles is 1. The van der Waals surface area contributed by atoms with Crippen LogP contribution in [0, 0.1) is 11.3 Å². The third-order valence-corrected chi connectivity index (χ3v) is 5.24. The lowest BCUT2D eigenvalue weighted by molar-refractivity contribution is 0.830. The summed E-state index contributed by atoms with van der Waals surface area (Å²) in [6.45, 7) is 1.98. The second-order valence-corrected chi connectivity index (χ2v) is 7.38. The highest BCUT2D eigenvalue weighted by Gasteiger charge is 2.19. The Balaban J connectivity index is 1.81. The molecule has 0 amide bonds. The Bertz CT molecular complexity index is 1220. The summed E-state index contributed by atoms with van der Waals surface area (Å²) in [5.74, 6) is 0.395. The van der Waals surface area contributed by atoms with E-state index in [1.54, 1.807) is 10.7 Å². The molecule has 0 aliphatic heterocycles. The fraction of sp³-hybridized carbons (Fsp3) is 0.150. The van der Waals surface area contributed by atoms with Gasteiger partial charge < -0.3 is 5.32 Å². The minimum atomic E-state index is -0.216. The first kappa shape index (κ1) is 19.2. The maximum Gasteiger partial charge on any atom is 0.190 e. The van der Waals surface area contributed by atoms with Gasteiger partial charge in [0.2, 0.25) is 0 Å². The normalized spacial score (nSPS) is 11.9. The van der Waals surface area contributed by atoms with Crippen molar-refractivity contribution in [2.45, 2.75) is 18.1 Å². The quantitative estimate of drug-likeness (QED) is 0.286. The van der Waals surface area contributed by atoms with Crippen molar-refractivity contribution in [2.75, 3.05) is 11.6 Å². The average Bonchev–Trinajstić information content (AvgIpc) is 3.20. The van der Waals surface area contributed by atoms with Gasteiger partial charge in [-0.15, -0.1) is 0 Å². The molecule has 0 saturated carbocycles. The van der Waals surface area contributed by atoms with E-state index in [0.29, 0.717) is 11.0 Å². The van der Waals surface area contributed by atoms with E-state index >= 15 is 0 Å². The van der Waals surface area contributed by atoms with Gasteiger partial charge >= 0.3 is 0 Å². The van der Waals surface area contributed by atoms with Crippen molar-refractivity contribution < 1.29 is 0 Å². The van der Waals surface area contributed by atoms with Crippen molar-refractivity contribution in [3.63, 3.8) is 0 Å². The Morgan fingerprint density at radius 2 is 2.03 bits per heavy atom. The minimum Gasteiger partial charge on any atom is -0.362 e. The summed E-state index contributed by atoms with van der Waals surface area (Å²) in [6.07, 6.45) is 5.38. The van der Waals surface area contributed by atoms with Gasteiger partial charge in [-0.2, -0.15) is 10.4 Å². The lowest BCUT2D eigenvalue weighted by atomic mass is 10.0. The van der Waals surface area contributed by atoms with E-state index in [1.165, 1.54) is 11.8 Å². The summed E-state index contributed by atoms with van der Waals surface area (Å²) in [5, 5.41) is 18.2. The summed E-state index contributed by atoms with van der Waals surface area (Å²) in [4.78, 5) is 12.9. The predicted molar refractivity (Wildman–Crippen MR) is 114 cm³/mol. The van der Waals surface area contributed by atoms with Gasteiger partial charge in [-0.3, -0.25) is 0 Å². The molecular formula is C20H16ClN7S. The van der Waals surface area contributed by atoms with Gasteiger partial charge in [-0.25, -0.2) is 19.5 Å². The van der Waals surface area contributed by atoms with Crippen LogP contribution in [-0.2, 0) is 0 Å². The van der Waals surface area contributed by atoms with Crippen LogP contribution in [0.4, 0.5) is 5.82 Å². The first-order chi connectivity index (χ1) is 14.1. The van der Waals surface area contributed by atoms with Crippen LogP contribution < -0.4 is 5.32 Å². The smallest absolute Gasteiger partial charge is 0.190 e. The first-order valence-electron chi connectivity index (χ1n) is 8.78. The lowest BCUT2D eigenvalue weighted by Crippen LogP contribution is -2.13. The van der Waals surface area contributed by atoms with Crippen molar-refractivity contribution in [1.29, 1.82) is 5.26 Å². The number of imidazole rings is 1. The van der Waals surface area contributed by atoms with Crippen molar-refractivity contribution >= 4 is 34.8 Å². The van der Waals surface area contributed by atoms with Crippen LogP contribution in [0.25, 0.3) is 16.9 Å². The SMILES string of the molecule is CSc1nc(Cl)c(C#N)c(N[C@@H](C)c2cc3nccn3nc2-c2ccccc2)n1. The molecule has 0 radical (unpaired) electrons. The van der Waals surface area contributed by atoms with Gasteiger partial charge in [0.25, 0.3) is 0 Å². The molecule has 0 aliphatic carbocycles. The molecule has 3 aromatic heterocycles. The Morgan fingerprint density at radius 1 is 1.24 bits per heavy atom. The molecule has 4 rings (SSSR count). The Kier molecular flexibility index (Phi) is 5.34. The number of rotatable bonds is 5. The monoisotopic (exact) mass is 421 g/mol. The maximum atomic E-state index is 9.51. The highest BCUT2D eigenvalue weighted by Crippen LogP contribution is 2.31. The number of nitrogens with one attached hydrogen (secondary N) is 1. The van der Waals surface area contributed by atoms with Crippen molar-refractivity contribution in [1.82, 2.24) is 24.6 Å². The Hall–Kier alpha value is -3.15. The molecule has 4 aromatic rings. The van der Waals surface area contributed by atoms with E-state index in [1.807, 2.05) is 55.8 Å². The average molecular weight is 422 g/mol. The summed E-state index contributed by atoms with van der Waals surface area (Å²) in [7, 11) is 0. The van der Waals surface area contributed by atoms with E-state index in [4.69, 9.17) is 16.7 Å². The molecule has 7 nitrogen and oxygen atoms in total. The zero-order valence-corrected chi connectivity index (χ0v) is 17.2. The van der Waals surface area contributed by atoms with Gasteiger partial charge in [0, 0.05) is 23.5 Å². The maximum absolute atomic E-state index is 9.51. The van der Waals surface area contributed by atoms with Crippen LogP contribution in [0.3, 0.4) is 0 Å². The summed E-state index contributed by atoms with van der Waals surface area (Å²) >= 11 is 7.54. The summed E-state index contributed by atoms with van der Waals surface area (Å²) in [6, 6.07) is 13.8. The highest BCUT2D eigenvalue weighted by molar-refractivity contribution is 7.98. The predicted octanol–water partition coefficient (Wildman–Crippen LogP) is 4.61. The number of aromatic nitrogens is 5. The number of halogens is 1. The molecule has 1 N–H and O–H groups in total. The number of hydrogen-bond acceptors (Lipinski definition) is 7. The van der Waals surface area contributed by atoms with Crippen LogP contribution in [0.5, 0.6) is 0 Å². The van der Waals surface area contributed by atoms with E-state index in [-0.39, 0.29) is 16.8 Å². The van der Waals surface area contributed by atoms with Gasteiger partial charge in [0.15, 0.2) is 21.8 Å². The molecule has 1 atom stereocenters. The third-order valence-electron chi connectivity index (χ3n) is 4.42. The van der Waals surface area contributed by atoms with Crippen molar-refractivity contribution in [3.8, 4) is 17.3 Å². The number of nitrogens with zero attached hydrogens (tertiary/aromatic N) is 6. The van der Waals surface area contributed by atoms with Crippen LogP contribution in [0.1, 0.15) is 24.1 Å². The molecule has 3 heterocycles. The zero-order valence-electron chi connectivity index (χ0n) is 15.7. The molecule has 144 valence electrons. The molecule has 0 unspecified atom stereocenters. The topological polar surface area (TPSA) is 91.8 Å². The molecule has 0 spiro atoms. The van der Waals surface area contributed by atoms with E-state index in [0.717, 1.165) is 22.5 Å². The number of anilines is 1. The fourth-order valence-electron chi connectivity index (χ4n) is 3.01. The van der Waals surface area contributed by atoms with E-state index in [9.17, 15) is 5.26 Å². The van der Waals surface area contributed by atoms with Crippen molar-refractivity contribution in [2.24, 2.45) is 0 Å². The van der Waals surface area contributed by atoms with Gasteiger partial charge in [0.1, 0.15) is 11.6 Å². The van der Waals surface area contributed by atoms with E-state index in [2.05, 4.69) is 26.3 Å². The summed E-state index contributed by atoms with van der Waals surface area (Å²) in [5.41, 5.74) is 3.68. The molecule has 0 aliphatic rings. The molecule has 29 heavy (non-hydrogen) atoms. The number of hydrogen-bond donors (Lipinski definition) is 1. The molecular weight excluding hydrogens is 406 g/mol. The van der Waals surface area contributed by atoms with Crippen LogP contribution in [0.15, 0.2) is 53.9 Å². The minimum absolute atomic E-state index is 0.131. The van der Waals surface area contributed by atoms with Crippen molar-refractivity contribution in [3.05, 3.63) is 65.1 Å². The number of thioether (sulfide) groups is 1. The lowest BCUT2D eigenvalue weighted by Gasteiger charge is -2.19. The van der Waals surface area contributed by atoms with Crippen LogP contribution in [-0.4, -0.2) is 30.8 Å². The summed E-state index contributed by atoms with van der Waals surface area (Å²) < 4.78 is 1.74. The second kappa shape index (κ2) is 8.07. The van der Waals surface area contributed by atoms with Crippen LogP contribution >= 0.6 is 23.4 Å². The largest absolute Gasteiger partial charge is 0.362 e. The van der Waals surface area contributed by atoms with E-state index < -0.39 is 0 Å².